The molecule has 6 nitrogen and oxygen atoms in total. The molecule has 3 aromatic heterocycles. The van der Waals surface area contributed by atoms with Crippen LogP contribution >= 0.6 is 11.8 Å². The quantitative estimate of drug-likeness (QED) is 0.278. The Bertz CT molecular complexity index is 1220. The normalized spacial score (nSPS) is 11.9. The molecule has 3 heterocycles. The minimum atomic E-state index is -4.64. The molecule has 0 N–H and O–H groups in total. The van der Waals surface area contributed by atoms with Crippen LogP contribution in [-0.4, -0.2) is 32.4 Å². The van der Waals surface area contributed by atoms with Crippen LogP contribution in [0.5, 0.6) is 0 Å². The van der Waals surface area contributed by atoms with E-state index in [1.807, 2.05) is 0 Å². The maximum Gasteiger partial charge on any atom is 0.451 e. The van der Waals surface area contributed by atoms with E-state index in [4.69, 9.17) is 4.74 Å². The molecule has 0 amide bonds. The number of fused-ring (bicyclic) bond motifs is 2. The van der Waals surface area contributed by atoms with Crippen molar-refractivity contribution in [1.29, 1.82) is 0 Å². The van der Waals surface area contributed by atoms with E-state index in [2.05, 4.69) is 15.0 Å². The number of ether oxygens (including phenoxy) is 1. The predicted octanol–water partition coefficient (Wildman–Crippen LogP) is 4.38. The molecule has 0 fully saturated rings. The first kappa shape index (κ1) is 19.2. The smallest absolute Gasteiger partial charge is 0.451 e. The van der Waals surface area contributed by atoms with Crippen LogP contribution in [-0.2, 0) is 16.7 Å². The minimum absolute atomic E-state index is 0.216. The van der Waals surface area contributed by atoms with Crippen LogP contribution < -0.4 is 0 Å². The SMILES string of the molecule is COC(=O)c1cccn2cc(CSc3nc(C(F)(F)F)nc4ccccc34)nc12. The van der Waals surface area contributed by atoms with E-state index in [9.17, 15) is 18.0 Å². The lowest BCUT2D eigenvalue weighted by molar-refractivity contribution is -0.145. The fourth-order valence-electron chi connectivity index (χ4n) is 2.83. The van der Waals surface area contributed by atoms with Crippen LogP contribution in [0.1, 0.15) is 21.9 Å². The topological polar surface area (TPSA) is 69.4 Å². The number of carbonyl (C=O) groups is 1. The van der Waals surface area contributed by atoms with Gasteiger partial charge in [0.1, 0.15) is 10.6 Å². The number of benzene rings is 1. The lowest BCUT2D eigenvalue weighted by Crippen LogP contribution is -2.11. The number of hydrogen-bond acceptors (Lipinski definition) is 6. The minimum Gasteiger partial charge on any atom is -0.465 e. The number of hydrogen-bond donors (Lipinski definition) is 0. The standard InChI is InChI=1S/C19H13F3N4O2S/c1-28-17(27)13-6-4-8-26-9-11(23-15(13)26)10-29-16-12-5-2-3-7-14(12)24-18(25-16)19(20,21)22/h2-9H,10H2,1H3. The van der Waals surface area contributed by atoms with Gasteiger partial charge in [-0.3, -0.25) is 0 Å². The van der Waals surface area contributed by atoms with Crippen molar-refractivity contribution < 1.29 is 22.7 Å². The van der Waals surface area contributed by atoms with Crippen LogP contribution in [0.4, 0.5) is 13.2 Å². The zero-order valence-electron chi connectivity index (χ0n) is 15.0. The van der Waals surface area contributed by atoms with E-state index in [-0.39, 0.29) is 16.3 Å². The van der Waals surface area contributed by atoms with Crippen LogP contribution in [0, 0.1) is 0 Å². The average Bonchev–Trinajstić information content (AvgIpc) is 3.13. The summed E-state index contributed by atoms with van der Waals surface area (Å²) in [4.78, 5) is 23.6. The number of alkyl halides is 3. The number of imidazole rings is 1. The number of carbonyl (C=O) groups excluding carboxylic acids is 1. The first-order chi connectivity index (χ1) is 13.9. The molecule has 1 aromatic carbocycles. The Kier molecular flexibility index (Phi) is 4.87. The highest BCUT2D eigenvalue weighted by molar-refractivity contribution is 7.98. The van der Waals surface area contributed by atoms with Gasteiger partial charge in [0.15, 0.2) is 5.65 Å². The summed E-state index contributed by atoms with van der Waals surface area (Å²) in [6, 6.07) is 9.82. The second-order valence-corrected chi connectivity index (χ2v) is 7.00. The second kappa shape index (κ2) is 7.36. The summed E-state index contributed by atoms with van der Waals surface area (Å²) in [5, 5.41) is 0.748. The first-order valence-corrected chi connectivity index (χ1v) is 9.37. The Labute approximate surface area is 166 Å². The fraction of sp³-hybridized carbons (Fsp3) is 0.158. The number of pyridine rings is 1. The van der Waals surface area contributed by atoms with E-state index >= 15 is 0 Å². The number of nitrogens with zero attached hydrogens (tertiary/aromatic N) is 4. The Hall–Kier alpha value is -3.14. The van der Waals surface area contributed by atoms with Crippen molar-refractivity contribution in [3.05, 3.63) is 65.9 Å². The molecule has 4 aromatic rings. The van der Waals surface area contributed by atoms with Gasteiger partial charge in [-0.05, 0) is 18.2 Å². The molecule has 0 bridgehead atoms. The van der Waals surface area contributed by atoms with Gasteiger partial charge in [0.05, 0.1) is 18.3 Å². The highest BCUT2D eigenvalue weighted by atomic mass is 32.2. The molecule has 0 saturated heterocycles. The second-order valence-electron chi connectivity index (χ2n) is 6.03. The molecule has 0 spiro atoms. The summed E-state index contributed by atoms with van der Waals surface area (Å²) in [6.45, 7) is 0. The van der Waals surface area contributed by atoms with Crippen molar-refractivity contribution >= 4 is 34.3 Å². The summed E-state index contributed by atoms with van der Waals surface area (Å²) in [5.41, 5.74) is 1.53. The van der Waals surface area contributed by atoms with Gasteiger partial charge >= 0.3 is 12.1 Å². The Morgan fingerprint density at radius 1 is 1.14 bits per heavy atom. The lowest BCUT2D eigenvalue weighted by atomic mass is 10.2. The lowest BCUT2D eigenvalue weighted by Gasteiger charge is -2.09. The van der Waals surface area contributed by atoms with Gasteiger partial charge < -0.3 is 9.14 Å². The summed E-state index contributed by atoms with van der Waals surface area (Å²) < 4.78 is 45.9. The molecule has 0 atom stereocenters. The molecule has 10 heteroatoms. The third kappa shape index (κ3) is 3.75. The number of rotatable bonds is 4. The van der Waals surface area contributed by atoms with Crippen LogP contribution in [0.3, 0.4) is 0 Å². The van der Waals surface area contributed by atoms with Gasteiger partial charge in [0, 0.05) is 23.5 Å². The molecular weight excluding hydrogens is 405 g/mol. The van der Waals surface area contributed by atoms with Crippen LogP contribution in [0.15, 0.2) is 53.8 Å². The van der Waals surface area contributed by atoms with Crippen molar-refractivity contribution in [1.82, 2.24) is 19.4 Å². The van der Waals surface area contributed by atoms with Crippen molar-refractivity contribution in [3.8, 4) is 0 Å². The zero-order chi connectivity index (χ0) is 20.6. The molecule has 0 aliphatic carbocycles. The maximum atomic E-state index is 13.2. The van der Waals surface area contributed by atoms with Gasteiger partial charge in [-0.15, -0.1) is 0 Å². The molecule has 4 rings (SSSR count). The third-order valence-corrected chi connectivity index (χ3v) is 5.14. The van der Waals surface area contributed by atoms with Gasteiger partial charge in [0.2, 0.25) is 5.82 Å². The van der Waals surface area contributed by atoms with Crippen molar-refractivity contribution in [3.63, 3.8) is 0 Å². The Balaban J connectivity index is 1.69. The molecule has 0 aliphatic heterocycles. The van der Waals surface area contributed by atoms with Crippen molar-refractivity contribution in [2.75, 3.05) is 7.11 Å². The monoisotopic (exact) mass is 418 g/mol. The average molecular weight is 418 g/mol. The molecule has 0 radical (unpaired) electrons. The first-order valence-electron chi connectivity index (χ1n) is 8.38. The molecule has 0 saturated carbocycles. The van der Waals surface area contributed by atoms with E-state index in [1.54, 1.807) is 47.1 Å². The molecule has 0 aliphatic rings. The largest absolute Gasteiger partial charge is 0.465 e. The number of halogens is 3. The van der Waals surface area contributed by atoms with Gasteiger partial charge in [-0.25, -0.2) is 19.7 Å². The van der Waals surface area contributed by atoms with Crippen LogP contribution in [0.25, 0.3) is 16.6 Å². The molecule has 0 unspecified atom stereocenters. The summed E-state index contributed by atoms with van der Waals surface area (Å²) in [6.07, 6.45) is -1.20. The summed E-state index contributed by atoms with van der Waals surface area (Å²) in [7, 11) is 1.28. The van der Waals surface area contributed by atoms with Gasteiger partial charge in [-0.2, -0.15) is 13.2 Å². The molecule has 148 valence electrons. The van der Waals surface area contributed by atoms with E-state index in [1.165, 1.54) is 13.2 Å². The van der Waals surface area contributed by atoms with E-state index in [0.29, 0.717) is 22.3 Å². The number of aromatic nitrogens is 4. The van der Waals surface area contributed by atoms with Gasteiger partial charge in [-0.1, -0.05) is 30.0 Å². The highest BCUT2D eigenvalue weighted by Crippen LogP contribution is 2.33. The van der Waals surface area contributed by atoms with Crippen molar-refractivity contribution in [2.45, 2.75) is 17.0 Å². The van der Waals surface area contributed by atoms with Crippen LogP contribution in [0.2, 0.25) is 0 Å². The fourth-order valence-corrected chi connectivity index (χ4v) is 3.73. The molecule has 29 heavy (non-hydrogen) atoms. The Morgan fingerprint density at radius 3 is 2.69 bits per heavy atom. The molecular formula is C19H13F3N4O2S. The highest BCUT2D eigenvalue weighted by Gasteiger charge is 2.35. The van der Waals surface area contributed by atoms with Crippen molar-refractivity contribution in [2.24, 2.45) is 0 Å². The number of thioether (sulfide) groups is 1. The van der Waals surface area contributed by atoms with E-state index in [0.717, 1.165) is 11.8 Å². The summed E-state index contributed by atoms with van der Waals surface area (Å²) in [5.74, 6) is -1.43. The number of methoxy groups -OCH3 is 1. The summed E-state index contributed by atoms with van der Waals surface area (Å²) >= 11 is 1.13. The van der Waals surface area contributed by atoms with Gasteiger partial charge in [0.25, 0.3) is 0 Å². The Morgan fingerprint density at radius 2 is 1.93 bits per heavy atom. The number of para-hydroxylation sites is 1. The maximum absolute atomic E-state index is 13.2. The third-order valence-electron chi connectivity index (χ3n) is 4.12. The predicted molar refractivity (Wildman–Crippen MR) is 101 cm³/mol. The number of esters is 1. The zero-order valence-corrected chi connectivity index (χ0v) is 15.8. The van der Waals surface area contributed by atoms with E-state index < -0.39 is 18.0 Å².